The van der Waals surface area contributed by atoms with Crippen molar-refractivity contribution in [1.29, 1.82) is 0 Å². The number of anilines is 1. The fourth-order valence-corrected chi connectivity index (χ4v) is 4.90. The Morgan fingerprint density at radius 3 is 2.50 bits per heavy atom. The molecule has 0 aliphatic heterocycles. The highest BCUT2D eigenvalue weighted by Crippen LogP contribution is 2.32. The topological polar surface area (TPSA) is 86.3 Å². The van der Waals surface area contributed by atoms with Crippen molar-refractivity contribution >= 4 is 32.6 Å². The van der Waals surface area contributed by atoms with Gasteiger partial charge in [-0.2, -0.15) is 5.10 Å². The molecule has 0 aliphatic rings. The Hall–Kier alpha value is -4.24. The van der Waals surface area contributed by atoms with Gasteiger partial charge in [0.2, 0.25) is 0 Å². The number of benzene rings is 3. The normalized spacial score (nSPS) is 11.1. The lowest BCUT2D eigenvalue weighted by atomic mass is 10.1. The smallest absolute Gasteiger partial charge is 0.251 e. The van der Waals surface area contributed by atoms with Crippen LogP contribution in [0, 0.1) is 5.82 Å². The first kappa shape index (κ1) is 23.5. The number of ether oxygens (including phenoxy) is 1. The Kier molecular flexibility index (Phi) is 6.64. The molecule has 0 saturated carbocycles. The average Bonchev–Trinajstić information content (AvgIpc) is 3.56. The van der Waals surface area contributed by atoms with Gasteiger partial charge < -0.3 is 15.4 Å². The number of primary amides is 1. The van der Waals surface area contributed by atoms with Crippen molar-refractivity contribution in [3.8, 4) is 11.4 Å². The Balaban J connectivity index is 1.39. The van der Waals surface area contributed by atoms with Crippen LogP contribution in [-0.2, 0) is 13.0 Å². The maximum absolute atomic E-state index is 14.4. The van der Waals surface area contributed by atoms with E-state index < -0.39 is 5.91 Å². The van der Waals surface area contributed by atoms with Gasteiger partial charge in [-0.15, -0.1) is 0 Å². The van der Waals surface area contributed by atoms with Crippen LogP contribution in [0.5, 0.6) is 5.75 Å². The van der Waals surface area contributed by atoms with Crippen molar-refractivity contribution in [2.75, 3.05) is 18.6 Å². The van der Waals surface area contributed by atoms with Gasteiger partial charge in [-0.1, -0.05) is 41.7 Å². The molecule has 5 rings (SSSR count). The molecule has 0 atom stereocenters. The third kappa shape index (κ3) is 5.06. The third-order valence-electron chi connectivity index (χ3n) is 5.90. The lowest BCUT2D eigenvalue weighted by molar-refractivity contribution is 0.100. The third-order valence-corrected chi connectivity index (χ3v) is 7.04. The van der Waals surface area contributed by atoms with Crippen molar-refractivity contribution in [2.45, 2.75) is 13.0 Å². The van der Waals surface area contributed by atoms with Crippen LogP contribution in [0.1, 0.15) is 21.5 Å². The molecule has 182 valence electrons. The van der Waals surface area contributed by atoms with Crippen LogP contribution in [0.25, 0.3) is 15.9 Å². The number of carbonyl (C=O) groups excluding carboxylic acids is 1. The van der Waals surface area contributed by atoms with E-state index in [1.165, 1.54) is 29.2 Å². The molecule has 0 fully saturated rings. The summed E-state index contributed by atoms with van der Waals surface area (Å²) in [5, 5.41) is 4.98. The summed E-state index contributed by atoms with van der Waals surface area (Å²) >= 11 is 1.36. The number of hydrogen-bond donors (Lipinski definition) is 1. The van der Waals surface area contributed by atoms with Crippen LogP contribution >= 0.6 is 11.3 Å². The number of thiazole rings is 1. The highest BCUT2D eigenvalue weighted by atomic mass is 32.1. The molecule has 2 N–H and O–H groups in total. The molecule has 2 aromatic heterocycles. The monoisotopic (exact) mass is 501 g/mol. The van der Waals surface area contributed by atoms with Crippen LogP contribution in [0.2, 0.25) is 0 Å². The predicted molar refractivity (Wildman–Crippen MR) is 139 cm³/mol. The minimum Gasteiger partial charge on any atom is -0.497 e. The first-order valence-corrected chi connectivity index (χ1v) is 12.2. The number of halogens is 1. The van der Waals surface area contributed by atoms with Gasteiger partial charge >= 0.3 is 0 Å². The van der Waals surface area contributed by atoms with Crippen LogP contribution < -0.4 is 15.4 Å². The molecule has 5 aromatic rings. The Morgan fingerprint density at radius 1 is 1.08 bits per heavy atom. The molecular formula is C27H24FN5O2S. The summed E-state index contributed by atoms with van der Waals surface area (Å²) < 4.78 is 21.8. The molecule has 9 heteroatoms. The van der Waals surface area contributed by atoms with E-state index in [9.17, 15) is 9.18 Å². The molecule has 3 aromatic carbocycles. The predicted octanol–water partition coefficient (Wildman–Crippen LogP) is 4.98. The van der Waals surface area contributed by atoms with Crippen LogP contribution in [0.15, 0.2) is 79.1 Å². The fraction of sp³-hybridized carbons (Fsp3) is 0.148. The number of methoxy groups -OCH3 is 1. The SMILES string of the molecule is COc1ccc(CCN(Cc2ccc(-n3cc(C(N)=O)cn3)cc2)c2nc3cccc(F)c3s2)cc1. The second-order valence-corrected chi connectivity index (χ2v) is 9.29. The molecule has 36 heavy (non-hydrogen) atoms. The number of fused-ring (bicyclic) bond motifs is 1. The average molecular weight is 502 g/mol. The first-order chi connectivity index (χ1) is 17.5. The summed E-state index contributed by atoms with van der Waals surface area (Å²) in [5.74, 6) is 0.0420. The molecule has 2 heterocycles. The zero-order valence-electron chi connectivity index (χ0n) is 19.6. The molecule has 7 nitrogen and oxygen atoms in total. The Bertz CT molecular complexity index is 1500. The second-order valence-electron chi connectivity index (χ2n) is 8.31. The van der Waals surface area contributed by atoms with Gasteiger partial charge in [-0.25, -0.2) is 14.1 Å². The summed E-state index contributed by atoms with van der Waals surface area (Å²) in [7, 11) is 1.65. The van der Waals surface area contributed by atoms with Crippen molar-refractivity contribution in [2.24, 2.45) is 5.73 Å². The highest BCUT2D eigenvalue weighted by molar-refractivity contribution is 7.22. The molecular weight excluding hydrogens is 477 g/mol. The van der Waals surface area contributed by atoms with E-state index >= 15 is 0 Å². The number of rotatable bonds is 9. The number of nitrogens with zero attached hydrogens (tertiary/aromatic N) is 4. The highest BCUT2D eigenvalue weighted by Gasteiger charge is 2.16. The molecule has 1 amide bonds. The van der Waals surface area contributed by atoms with E-state index in [-0.39, 0.29) is 5.82 Å². The van der Waals surface area contributed by atoms with Crippen molar-refractivity contribution in [3.05, 3.63) is 102 Å². The standard InChI is InChI=1S/C27H24FN5O2S/c1-35-22-11-7-18(8-12-22)13-14-32(27-31-24-4-2-3-23(28)25(24)36-27)16-19-5-9-21(10-6-19)33-17-20(15-30-33)26(29)34/h2-12,15,17H,13-14,16H2,1H3,(H2,29,34). The van der Waals surface area contributed by atoms with Crippen LogP contribution in [-0.4, -0.2) is 34.3 Å². The maximum Gasteiger partial charge on any atom is 0.251 e. The number of amides is 1. The summed E-state index contributed by atoms with van der Waals surface area (Å²) in [5.41, 5.74) is 9.40. The Morgan fingerprint density at radius 2 is 1.83 bits per heavy atom. The summed E-state index contributed by atoms with van der Waals surface area (Å²) in [6.07, 6.45) is 3.85. The van der Waals surface area contributed by atoms with Crippen molar-refractivity contribution in [3.63, 3.8) is 0 Å². The van der Waals surface area contributed by atoms with Gasteiger partial charge in [0, 0.05) is 19.3 Å². The first-order valence-electron chi connectivity index (χ1n) is 11.4. The lowest BCUT2D eigenvalue weighted by Crippen LogP contribution is -2.25. The van der Waals surface area contributed by atoms with E-state index in [1.807, 2.05) is 54.6 Å². The van der Waals surface area contributed by atoms with Gasteiger partial charge in [0.1, 0.15) is 11.6 Å². The zero-order valence-corrected chi connectivity index (χ0v) is 20.4. The second kappa shape index (κ2) is 10.2. The number of hydrogen-bond acceptors (Lipinski definition) is 6. The summed E-state index contributed by atoms with van der Waals surface area (Å²) in [6.45, 7) is 1.31. The van der Waals surface area contributed by atoms with E-state index in [0.717, 1.165) is 28.6 Å². The minimum atomic E-state index is -0.516. The van der Waals surface area contributed by atoms with Crippen molar-refractivity contribution < 1.29 is 13.9 Å². The zero-order chi connectivity index (χ0) is 25.1. The van der Waals surface area contributed by atoms with Gasteiger partial charge in [-0.3, -0.25) is 4.79 Å². The fourth-order valence-electron chi connectivity index (χ4n) is 3.90. The van der Waals surface area contributed by atoms with E-state index in [2.05, 4.69) is 10.00 Å². The van der Waals surface area contributed by atoms with Gasteiger partial charge in [0.15, 0.2) is 5.13 Å². The lowest BCUT2D eigenvalue weighted by Gasteiger charge is -2.22. The molecule has 0 saturated heterocycles. The maximum atomic E-state index is 14.4. The van der Waals surface area contributed by atoms with Crippen LogP contribution in [0.4, 0.5) is 9.52 Å². The molecule has 0 spiro atoms. The molecule has 0 unspecified atom stereocenters. The largest absolute Gasteiger partial charge is 0.497 e. The van der Waals surface area contributed by atoms with Crippen LogP contribution in [0.3, 0.4) is 0 Å². The number of aromatic nitrogens is 3. The quantitative estimate of drug-likeness (QED) is 0.308. The minimum absolute atomic E-state index is 0.259. The van der Waals surface area contributed by atoms with E-state index in [4.69, 9.17) is 15.5 Å². The molecule has 0 aliphatic carbocycles. The summed E-state index contributed by atoms with van der Waals surface area (Å²) in [6, 6.07) is 20.9. The van der Waals surface area contributed by atoms with Gasteiger partial charge in [-0.05, 0) is 53.9 Å². The van der Waals surface area contributed by atoms with Crippen molar-refractivity contribution in [1.82, 2.24) is 14.8 Å². The Labute approximate surface area is 211 Å². The van der Waals surface area contributed by atoms with E-state index in [0.29, 0.717) is 28.9 Å². The molecule has 0 radical (unpaired) electrons. The van der Waals surface area contributed by atoms with Gasteiger partial charge in [0.05, 0.1) is 34.8 Å². The number of nitrogens with two attached hydrogens (primary N) is 1. The number of carbonyl (C=O) groups is 1. The van der Waals surface area contributed by atoms with E-state index in [1.54, 1.807) is 24.1 Å². The molecule has 0 bridgehead atoms. The summed E-state index contributed by atoms with van der Waals surface area (Å²) in [4.78, 5) is 18.3. The van der Waals surface area contributed by atoms with Gasteiger partial charge in [0.25, 0.3) is 5.91 Å².